The maximum Gasteiger partial charge on any atom is 0.416 e. The Bertz CT molecular complexity index is 686. The maximum absolute atomic E-state index is 13.2. The SMILES string of the molecule is NCC(NC(=O)c1cc(N2CCCC2=O)cc(C(F)(F)F)c1)C1CC1. The summed E-state index contributed by atoms with van der Waals surface area (Å²) in [6, 6.07) is 2.84. The molecule has 2 amide bonds. The molecule has 1 aromatic carbocycles. The summed E-state index contributed by atoms with van der Waals surface area (Å²) in [7, 11) is 0. The molecule has 1 saturated heterocycles. The number of carbonyl (C=O) groups excluding carboxylic acids is 2. The summed E-state index contributed by atoms with van der Waals surface area (Å²) in [6.45, 7) is 0.599. The Balaban J connectivity index is 1.91. The van der Waals surface area contributed by atoms with Crippen molar-refractivity contribution in [3.05, 3.63) is 29.3 Å². The summed E-state index contributed by atoms with van der Waals surface area (Å²) < 4.78 is 39.6. The fourth-order valence-electron chi connectivity index (χ4n) is 3.10. The van der Waals surface area contributed by atoms with Crippen molar-refractivity contribution in [3.8, 4) is 0 Å². The second-order valence-electron chi connectivity index (χ2n) is 6.57. The first-order chi connectivity index (χ1) is 11.8. The first kappa shape index (κ1) is 17.7. The Labute approximate surface area is 143 Å². The molecule has 1 atom stereocenters. The van der Waals surface area contributed by atoms with Gasteiger partial charge in [0.15, 0.2) is 0 Å². The van der Waals surface area contributed by atoms with Crippen LogP contribution in [-0.2, 0) is 11.0 Å². The quantitative estimate of drug-likeness (QED) is 0.851. The predicted octanol–water partition coefficient (Wildman–Crippen LogP) is 2.30. The summed E-state index contributed by atoms with van der Waals surface area (Å²) >= 11 is 0. The number of nitrogens with two attached hydrogens (primary N) is 1. The van der Waals surface area contributed by atoms with Crippen LogP contribution in [0.3, 0.4) is 0 Å². The fraction of sp³-hybridized carbons (Fsp3) is 0.529. The average Bonchev–Trinajstić information content (AvgIpc) is 3.32. The molecule has 1 aliphatic heterocycles. The number of nitrogens with zero attached hydrogens (tertiary/aromatic N) is 1. The van der Waals surface area contributed by atoms with Crippen molar-refractivity contribution in [2.45, 2.75) is 37.9 Å². The average molecular weight is 355 g/mol. The highest BCUT2D eigenvalue weighted by atomic mass is 19.4. The number of benzene rings is 1. The molecule has 25 heavy (non-hydrogen) atoms. The minimum absolute atomic E-state index is 0.108. The monoisotopic (exact) mass is 355 g/mol. The van der Waals surface area contributed by atoms with Gasteiger partial charge in [-0.1, -0.05) is 0 Å². The van der Waals surface area contributed by atoms with Gasteiger partial charge in [-0.3, -0.25) is 9.59 Å². The van der Waals surface area contributed by atoms with E-state index in [-0.39, 0.29) is 29.7 Å². The molecule has 5 nitrogen and oxygen atoms in total. The lowest BCUT2D eigenvalue weighted by atomic mass is 10.1. The zero-order valence-corrected chi connectivity index (χ0v) is 13.6. The lowest BCUT2D eigenvalue weighted by Gasteiger charge is -2.20. The Morgan fingerprint density at radius 2 is 2.04 bits per heavy atom. The van der Waals surface area contributed by atoms with Gasteiger partial charge in [0.1, 0.15) is 0 Å². The fourth-order valence-corrected chi connectivity index (χ4v) is 3.10. The normalized spacial score (nSPS) is 19.2. The molecule has 1 aromatic rings. The summed E-state index contributed by atoms with van der Waals surface area (Å²) in [6.07, 6.45) is -1.80. The van der Waals surface area contributed by atoms with E-state index in [1.807, 2.05) is 0 Å². The molecular formula is C17H20F3N3O2. The van der Waals surface area contributed by atoms with E-state index in [1.54, 1.807) is 0 Å². The Kier molecular flexibility index (Phi) is 4.73. The van der Waals surface area contributed by atoms with E-state index in [1.165, 1.54) is 11.0 Å². The Morgan fingerprint density at radius 1 is 1.32 bits per heavy atom. The Hall–Kier alpha value is -2.09. The number of alkyl halides is 3. The van der Waals surface area contributed by atoms with Gasteiger partial charge in [-0.15, -0.1) is 0 Å². The molecule has 1 saturated carbocycles. The van der Waals surface area contributed by atoms with Crippen LogP contribution < -0.4 is 16.0 Å². The Morgan fingerprint density at radius 3 is 2.56 bits per heavy atom. The lowest BCUT2D eigenvalue weighted by molar-refractivity contribution is -0.137. The van der Waals surface area contributed by atoms with Crippen molar-refractivity contribution in [3.63, 3.8) is 0 Å². The lowest BCUT2D eigenvalue weighted by Crippen LogP contribution is -2.41. The standard InChI is InChI=1S/C17H20F3N3O2/c18-17(19,20)12-6-11(16(25)22-14(9-21)10-3-4-10)7-13(8-12)23-5-1-2-15(23)24/h6-8,10,14H,1-5,9,21H2,(H,22,25). The third-order valence-corrected chi connectivity index (χ3v) is 4.65. The molecule has 1 heterocycles. The van der Waals surface area contributed by atoms with Crippen LogP contribution in [0, 0.1) is 5.92 Å². The van der Waals surface area contributed by atoms with Crippen LogP contribution in [0.4, 0.5) is 18.9 Å². The van der Waals surface area contributed by atoms with Gasteiger partial charge in [-0.05, 0) is 43.4 Å². The third-order valence-electron chi connectivity index (χ3n) is 4.65. The largest absolute Gasteiger partial charge is 0.416 e. The van der Waals surface area contributed by atoms with Crippen LogP contribution in [0.25, 0.3) is 0 Å². The molecule has 3 rings (SSSR count). The summed E-state index contributed by atoms with van der Waals surface area (Å²) in [5.74, 6) is -0.538. The van der Waals surface area contributed by atoms with Gasteiger partial charge in [0.2, 0.25) is 5.91 Å². The maximum atomic E-state index is 13.2. The molecule has 2 fully saturated rings. The molecule has 2 aliphatic rings. The minimum atomic E-state index is -4.60. The number of anilines is 1. The first-order valence-electron chi connectivity index (χ1n) is 8.33. The van der Waals surface area contributed by atoms with E-state index in [0.717, 1.165) is 25.0 Å². The zero-order chi connectivity index (χ0) is 18.2. The number of amides is 2. The second-order valence-corrected chi connectivity index (χ2v) is 6.57. The van der Waals surface area contributed by atoms with Gasteiger partial charge in [0.25, 0.3) is 5.91 Å². The van der Waals surface area contributed by atoms with E-state index >= 15 is 0 Å². The smallest absolute Gasteiger partial charge is 0.348 e. The van der Waals surface area contributed by atoms with Crippen LogP contribution >= 0.6 is 0 Å². The van der Waals surface area contributed by atoms with Gasteiger partial charge in [0.05, 0.1) is 5.56 Å². The summed E-state index contributed by atoms with van der Waals surface area (Å²) in [4.78, 5) is 25.6. The van der Waals surface area contributed by atoms with Crippen LogP contribution in [0.2, 0.25) is 0 Å². The minimum Gasteiger partial charge on any atom is -0.348 e. The van der Waals surface area contributed by atoms with Crippen molar-refractivity contribution in [2.75, 3.05) is 18.0 Å². The van der Waals surface area contributed by atoms with Crippen LogP contribution in [-0.4, -0.2) is 30.9 Å². The van der Waals surface area contributed by atoms with E-state index in [0.29, 0.717) is 25.3 Å². The van der Waals surface area contributed by atoms with Crippen LogP contribution in [0.1, 0.15) is 41.6 Å². The number of hydrogen-bond donors (Lipinski definition) is 2. The predicted molar refractivity (Wildman–Crippen MR) is 86.1 cm³/mol. The number of hydrogen-bond acceptors (Lipinski definition) is 3. The topological polar surface area (TPSA) is 75.4 Å². The zero-order valence-electron chi connectivity index (χ0n) is 13.6. The highest BCUT2D eigenvalue weighted by molar-refractivity contribution is 5.99. The third kappa shape index (κ3) is 3.95. The highest BCUT2D eigenvalue weighted by Crippen LogP contribution is 2.35. The van der Waals surface area contributed by atoms with Crippen molar-refractivity contribution < 1.29 is 22.8 Å². The molecule has 0 aromatic heterocycles. The van der Waals surface area contributed by atoms with Crippen molar-refractivity contribution >= 4 is 17.5 Å². The summed E-state index contributed by atoms with van der Waals surface area (Å²) in [5, 5.41) is 2.72. The van der Waals surface area contributed by atoms with Gasteiger partial charge in [-0.25, -0.2) is 0 Å². The van der Waals surface area contributed by atoms with Gasteiger partial charge in [0, 0.05) is 36.8 Å². The van der Waals surface area contributed by atoms with E-state index in [4.69, 9.17) is 5.73 Å². The molecule has 0 radical (unpaired) electrons. The molecule has 3 N–H and O–H groups in total. The van der Waals surface area contributed by atoms with Crippen molar-refractivity contribution in [1.82, 2.24) is 5.32 Å². The van der Waals surface area contributed by atoms with Gasteiger partial charge >= 0.3 is 6.18 Å². The molecule has 1 unspecified atom stereocenters. The molecule has 1 aliphatic carbocycles. The molecular weight excluding hydrogens is 335 g/mol. The molecule has 0 spiro atoms. The van der Waals surface area contributed by atoms with Crippen molar-refractivity contribution in [2.24, 2.45) is 11.7 Å². The van der Waals surface area contributed by atoms with Gasteiger partial charge < -0.3 is 16.0 Å². The van der Waals surface area contributed by atoms with E-state index in [2.05, 4.69) is 5.32 Å². The molecule has 136 valence electrons. The number of halogens is 3. The number of rotatable bonds is 5. The van der Waals surface area contributed by atoms with E-state index in [9.17, 15) is 22.8 Å². The first-order valence-corrected chi connectivity index (χ1v) is 8.33. The van der Waals surface area contributed by atoms with Crippen LogP contribution in [0.5, 0.6) is 0 Å². The van der Waals surface area contributed by atoms with Crippen molar-refractivity contribution in [1.29, 1.82) is 0 Å². The molecule has 8 heteroatoms. The summed E-state index contributed by atoms with van der Waals surface area (Å²) in [5.41, 5.74) is 4.70. The number of carbonyl (C=O) groups is 2. The molecule has 0 bridgehead atoms. The van der Waals surface area contributed by atoms with Crippen LogP contribution in [0.15, 0.2) is 18.2 Å². The van der Waals surface area contributed by atoms with Gasteiger partial charge in [-0.2, -0.15) is 13.2 Å². The van der Waals surface area contributed by atoms with E-state index < -0.39 is 17.6 Å². The number of nitrogens with one attached hydrogen (secondary N) is 1. The highest BCUT2D eigenvalue weighted by Gasteiger charge is 2.35. The second kappa shape index (κ2) is 6.67.